The van der Waals surface area contributed by atoms with Crippen LogP contribution in [0, 0.1) is 0 Å². The van der Waals surface area contributed by atoms with E-state index in [0.717, 1.165) is 63.8 Å². The van der Waals surface area contributed by atoms with E-state index in [1.807, 2.05) is 66.7 Å². The van der Waals surface area contributed by atoms with Gasteiger partial charge in [0.1, 0.15) is 17.2 Å². The topological polar surface area (TPSA) is 175 Å². The number of azide groups is 2. The molecule has 0 radical (unpaired) electrons. The van der Waals surface area contributed by atoms with Crippen molar-refractivity contribution >= 4 is 128 Å². The quantitative estimate of drug-likeness (QED) is 0.0360. The third-order valence-corrected chi connectivity index (χ3v) is 13.3. The summed E-state index contributed by atoms with van der Waals surface area (Å²) >= 11 is 19.3. The number of aromatic hydroxyl groups is 1. The van der Waals surface area contributed by atoms with Crippen molar-refractivity contribution in [3.05, 3.63) is 257 Å². The molecule has 18 heteroatoms. The number of alkyl halides is 6. The molecule has 0 unspecified atom stereocenters. The Bertz CT molecular complexity index is 2490. The molecule has 2 N–H and O–H groups in total. The number of benzene rings is 9. The van der Waals surface area contributed by atoms with Gasteiger partial charge in [0.05, 0.1) is 33.0 Å². The summed E-state index contributed by atoms with van der Waals surface area (Å²) in [6.07, 6.45) is 0. The van der Waals surface area contributed by atoms with E-state index in [2.05, 4.69) is 271 Å². The molecule has 12 nitrogen and oxygen atoms in total. The molecule has 0 aliphatic heterocycles. The first-order valence-electron chi connectivity index (χ1n) is 25.0. The summed E-state index contributed by atoms with van der Waals surface area (Å²) < 4.78 is 19.8. The lowest BCUT2D eigenvalue weighted by molar-refractivity contribution is 0.207. The Morgan fingerprint density at radius 2 is 0.568 bits per heavy atom. The summed E-state index contributed by atoms with van der Waals surface area (Å²) in [4.78, 5) is 5.13. The van der Waals surface area contributed by atoms with Crippen molar-refractivity contribution < 1.29 is 29.2 Å². The van der Waals surface area contributed by atoms with Crippen LogP contribution < -0.4 is 9.47 Å². The van der Waals surface area contributed by atoms with E-state index in [0.29, 0.717) is 32.1 Å². The number of halogens is 6. The zero-order valence-corrected chi connectivity index (χ0v) is 55.5. The number of para-hydroxylation sites is 3. The van der Waals surface area contributed by atoms with E-state index in [1.54, 1.807) is 38.5 Å². The van der Waals surface area contributed by atoms with Crippen LogP contribution in [0.4, 0.5) is 0 Å². The minimum absolute atomic E-state index is 0.322. The lowest BCUT2D eigenvalue weighted by Gasteiger charge is -2.01. The smallest absolute Gasteiger partial charge is 0.119 e. The van der Waals surface area contributed by atoms with Gasteiger partial charge in [-0.2, -0.15) is 0 Å². The van der Waals surface area contributed by atoms with Crippen molar-refractivity contribution in [1.29, 1.82) is 0 Å². The van der Waals surface area contributed by atoms with Gasteiger partial charge in [-0.05, 0) is 79.8 Å². The van der Waals surface area contributed by atoms with Gasteiger partial charge in [0.25, 0.3) is 0 Å². The monoisotopic (exact) mass is 1480 g/mol. The molecule has 0 aromatic heterocycles. The summed E-state index contributed by atoms with van der Waals surface area (Å²) in [5.74, 6) is 2.05. The van der Waals surface area contributed by atoms with Crippen LogP contribution in [0.5, 0.6) is 17.2 Å². The maximum Gasteiger partial charge on any atom is 0.119 e. The molecule has 9 aromatic carbocycles. The average Bonchev–Trinajstić information content (AvgIpc) is 3.54. The molecule has 0 bridgehead atoms. The molecule has 81 heavy (non-hydrogen) atoms. The number of methoxy groups -OCH3 is 2. The number of phenolic OH excluding ortho intramolecular Hbond substituents is 1. The summed E-state index contributed by atoms with van der Waals surface area (Å²) in [6.45, 7) is 3.25. The van der Waals surface area contributed by atoms with Gasteiger partial charge in [0.15, 0.2) is 0 Å². The number of rotatable bonds is 14. The molecule has 0 amide bonds. The Kier molecular flexibility index (Phi) is 59.5. The fourth-order valence-corrected chi connectivity index (χ4v) is 6.01. The second-order valence-electron chi connectivity index (χ2n) is 14.7. The summed E-state index contributed by atoms with van der Waals surface area (Å²) in [7, 11) is 4.24. The van der Waals surface area contributed by atoms with Crippen LogP contribution in [0.3, 0.4) is 0 Å². The van der Waals surface area contributed by atoms with Gasteiger partial charge in [-0.15, -0.1) is 0 Å². The fourth-order valence-electron chi connectivity index (χ4n) is 5.52. The second-order valence-corrected chi connectivity index (χ2v) is 19.5. The number of ether oxygens (including phenoxy) is 4. The first-order valence-corrected chi connectivity index (χ1v) is 31.8. The predicted molar refractivity (Wildman–Crippen MR) is 367 cm³/mol. The number of hydrogen-bond donors (Lipinski definition) is 2. The standard InChI is InChI=1S/3C10H8.C8H9BrO.C8H9N3O.C6H6O.C3H7BrO.C3H7N3O.2C2H4Br2.CH4O/c3*1-2-6-10-8-4-3-7-9(10)5-1;9-6-7-10-8-4-2-1-3-5-8;9-11-10-6-7-12-8-4-2-1-3-5-8;7-6-4-2-1-3-5-6;1-5-3-2-4;1-7-3-2-5-6-4;2*3-1-2-4;1-2/h3*1-8H;1-5H,6-7H2;1-5H,6-7H2;1-5,7H;2-3H2,1H3;2-3H2,1H3;2*1-2H2;2H,1H3. The molecule has 0 aliphatic carbocycles. The van der Waals surface area contributed by atoms with Crippen LogP contribution in [-0.2, 0) is 9.47 Å². The number of aliphatic hydroxyl groups excluding tert-OH is 1. The van der Waals surface area contributed by atoms with Crippen molar-refractivity contribution in [2.24, 2.45) is 10.2 Å². The first kappa shape index (κ1) is 77.6. The molecule has 0 saturated carbocycles. The highest BCUT2D eigenvalue weighted by Gasteiger charge is 1.90. The largest absolute Gasteiger partial charge is 0.508 e. The summed E-state index contributed by atoms with van der Waals surface area (Å²) in [5, 5.41) is 36.1. The molecular weight excluding hydrogens is 1420 g/mol. The third-order valence-electron chi connectivity index (χ3n) is 8.97. The van der Waals surface area contributed by atoms with E-state index < -0.39 is 0 Å². The molecule has 0 fully saturated rings. The Balaban J connectivity index is 0. The highest BCUT2D eigenvalue weighted by atomic mass is 79.9. The van der Waals surface area contributed by atoms with Crippen molar-refractivity contribution in [1.82, 2.24) is 0 Å². The van der Waals surface area contributed by atoms with Gasteiger partial charge in [0.2, 0.25) is 0 Å². The van der Waals surface area contributed by atoms with Gasteiger partial charge in [-0.25, -0.2) is 0 Å². The maximum atomic E-state index is 8.63. The molecule has 9 aromatic rings. The summed E-state index contributed by atoms with van der Waals surface area (Å²) in [6, 6.07) is 78.1. The van der Waals surface area contributed by atoms with Crippen LogP contribution in [-0.4, -0.2) is 103 Å². The summed E-state index contributed by atoms with van der Waals surface area (Å²) in [5.41, 5.74) is 15.7. The van der Waals surface area contributed by atoms with Crippen molar-refractivity contribution in [3.63, 3.8) is 0 Å². The van der Waals surface area contributed by atoms with Crippen LogP contribution in [0.1, 0.15) is 0 Å². The number of hydrogen-bond acceptors (Lipinski definition) is 8. The lowest BCUT2D eigenvalue weighted by Crippen LogP contribution is -1.99. The van der Waals surface area contributed by atoms with E-state index >= 15 is 0 Å². The van der Waals surface area contributed by atoms with Gasteiger partial charge in [-0.3, -0.25) is 0 Å². The van der Waals surface area contributed by atoms with Gasteiger partial charge in [-0.1, -0.05) is 306 Å². The number of fused-ring (bicyclic) bond motifs is 3. The Morgan fingerprint density at radius 1 is 0.333 bits per heavy atom. The zero-order valence-electron chi connectivity index (χ0n) is 46.0. The second kappa shape index (κ2) is 62.1. The fraction of sp³-hybridized carbons (Fsp3) is 0.238. The number of phenols is 1. The van der Waals surface area contributed by atoms with E-state index in [-0.39, 0.29) is 0 Å². The molecular formula is C63H74Br6N6O6. The first-order chi connectivity index (χ1) is 39.8. The van der Waals surface area contributed by atoms with E-state index in [1.165, 1.54) is 32.3 Å². The molecule has 9 rings (SSSR count). The molecule has 0 atom stereocenters. The van der Waals surface area contributed by atoms with Crippen LogP contribution in [0.15, 0.2) is 247 Å². The molecule has 434 valence electrons. The van der Waals surface area contributed by atoms with Crippen molar-refractivity contribution in [2.45, 2.75) is 0 Å². The maximum absolute atomic E-state index is 8.63. The lowest BCUT2D eigenvalue weighted by atomic mass is 10.1. The number of nitrogens with zero attached hydrogens (tertiary/aromatic N) is 6. The Labute approximate surface area is 530 Å². The molecule has 0 aliphatic rings. The zero-order chi connectivity index (χ0) is 59.9. The van der Waals surface area contributed by atoms with E-state index in [9.17, 15) is 0 Å². The third kappa shape index (κ3) is 47.8. The van der Waals surface area contributed by atoms with Crippen LogP contribution in [0.2, 0.25) is 0 Å². The molecule has 0 saturated heterocycles. The highest BCUT2D eigenvalue weighted by Crippen LogP contribution is 2.14. The van der Waals surface area contributed by atoms with Gasteiger partial charge in [0, 0.05) is 69.7 Å². The Hall–Kier alpha value is -5.46. The van der Waals surface area contributed by atoms with Crippen molar-refractivity contribution in [2.75, 3.05) is 92.8 Å². The minimum atomic E-state index is 0.322. The molecule has 0 heterocycles. The normalized spacial score (nSPS) is 8.86. The SMILES string of the molecule is BrCCBr.BrCCBr.BrCCOc1ccccc1.CO.COCCBr.COCCN=[N+]=[N-].Oc1ccccc1.[N-]=[N+]=NCCOc1ccccc1.c1ccc2ccccc2c1.c1ccc2ccccc2c1.c1ccc2ccccc2c1. The predicted octanol–water partition coefficient (Wildman–Crippen LogP) is 19.9. The van der Waals surface area contributed by atoms with Crippen LogP contribution in [0.25, 0.3) is 53.2 Å². The van der Waals surface area contributed by atoms with Crippen molar-refractivity contribution in [3.8, 4) is 17.2 Å². The van der Waals surface area contributed by atoms with Gasteiger partial charge >= 0.3 is 0 Å². The Morgan fingerprint density at radius 3 is 0.765 bits per heavy atom. The molecule has 0 spiro atoms. The number of aliphatic hydroxyl groups is 1. The van der Waals surface area contributed by atoms with Gasteiger partial charge < -0.3 is 29.2 Å². The highest BCUT2D eigenvalue weighted by molar-refractivity contribution is 9.12. The average molecular weight is 1490 g/mol. The van der Waals surface area contributed by atoms with E-state index in [4.69, 9.17) is 30.7 Å². The minimum Gasteiger partial charge on any atom is -0.508 e. The van der Waals surface area contributed by atoms with Crippen LogP contribution >= 0.6 is 95.6 Å².